The monoisotopic (exact) mass is 208 g/mol. The molecule has 0 spiro atoms. The van der Waals surface area contributed by atoms with Gasteiger partial charge in [0.05, 0.1) is 0 Å². The zero-order valence-electron chi connectivity index (χ0n) is 11.1. The van der Waals surface area contributed by atoms with Gasteiger partial charge >= 0.3 is 0 Å². The first kappa shape index (κ1) is 11.5. The van der Waals surface area contributed by atoms with E-state index in [1.807, 2.05) is 0 Å². The van der Waals surface area contributed by atoms with Crippen molar-refractivity contribution in [3.05, 3.63) is 0 Å². The molecule has 2 aliphatic carbocycles. The van der Waals surface area contributed by atoms with Crippen LogP contribution in [0.4, 0.5) is 0 Å². The average Bonchev–Trinajstić information content (AvgIpc) is 2.18. The Morgan fingerprint density at radius 3 is 2.33 bits per heavy atom. The molecule has 0 radical (unpaired) electrons. The molecule has 0 bridgehead atoms. The highest BCUT2D eigenvalue weighted by molar-refractivity contribution is 4.97. The minimum Gasteiger partial charge on any atom is -0.0625 e. The normalized spacial score (nSPS) is 45.6. The van der Waals surface area contributed by atoms with E-state index in [0.29, 0.717) is 5.41 Å². The minimum absolute atomic E-state index is 0.656. The molecule has 0 aromatic heterocycles. The molecule has 0 amide bonds. The molecule has 0 aliphatic heterocycles. The molecule has 2 rings (SSSR count). The average molecular weight is 208 g/mol. The van der Waals surface area contributed by atoms with Crippen molar-refractivity contribution in [1.82, 2.24) is 0 Å². The lowest BCUT2D eigenvalue weighted by molar-refractivity contribution is -0.0497. The van der Waals surface area contributed by atoms with Crippen LogP contribution in [0.3, 0.4) is 0 Å². The van der Waals surface area contributed by atoms with Crippen LogP contribution in [-0.4, -0.2) is 0 Å². The van der Waals surface area contributed by atoms with Crippen LogP contribution in [0.15, 0.2) is 0 Å². The van der Waals surface area contributed by atoms with Gasteiger partial charge < -0.3 is 0 Å². The van der Waals surface area contributed by atoms with Gasteiger partial charge in [-0.05, 0) is 41.9 Å². The number of fused-ring (bicyclic) bond motifs is 1. The zero-order chi connectivity index (χ0) is 11.1. The smallest absolute Gasteiger partial charge is 0.0320 e. The van der Waals surface area contributed by atoms with E-state index in [9.17, 15) is 0 Å². The molecule has 0 nitrogen and oxygen atoms in total. The lowest BCUT2D eigenvalue weighted by Gasteiger charge is -2.54. The van der Waals surface area contributed by atoms with Gasteiger partial charge in [0.1, 0.15) is 0 Å². The maximum atomic E-state index is 2.50. The van der Waals surface area contributed by atoms with E-state index in [-0.39, 0.29) is 0 Å². The number of hydrogen-bond acceptors (Lipinski definition) is 0. The predicted octanol–water partition coefficient (Wildman–Crippen LogP) is 4.89. The van der Waals surface area contributed by atoms with E-state index in [4.69, 9.17) is 0 Å². The van der Waals surface area contributed by atoms with Gasteiger partial charge in [0.2, 0.25) is 0 Å². The van der Waals surface area contributed by atoms with Gasteiger partial charge in [-0.1, -0.05) is 53.4 Å². The van der Waals surface area contributed by atoms with Gasteiger partial charge in [-0.15, -0.1) is 0 Å². The Kier molecular flexibility index (Phi) is 3.14. The topological polar surface area (TPSA) is 0 Å². The van der Waals surface area contributed by atoms with Crippen LogP contribution >= 0.6 is 0 Å². The molecule has 2 fully saturated rings. The quantitative estimate of drug-likeness (QED) is 0.532. The van der Waals surface area contributed by atoms with Crippen molar-refractivity contribution in [3.8, 4) is 0 Å². The summed E-state index contributed by atoms with van der Waals surface area (Å²) in [7, 11) is 0. The fourth-order valence-electron chi connectivity index (χ4n) is 4.13. The van der Waals surface area contributed by atoms with Gasteiger partial charge in [-0.3, -0.25) is 0 Å². The Morgan fingerprint density at radius 2 is 1.67 bits per heavy atom. The highest BCUT2D eigenvalue weighted by Crippen LogP contribution is 2.57. The summed E-state index contributed by atoms with van der Waals surface area (Å²) in [5.41, 5.74) is 0.656. The molecule has 0 N–H and O–H groups in total. The molecule has 0 aromatic rings. The maximum Gasteiger partial charge on any atom is -0.0320 e. The predicted molar refractivity (Wildman–Crippen MR) is 66.8 cm³/mol. The summed E-state index contributed by atoms with van der Waals surface area (Å²) in [5, 5.41) is 0. The van der Waals surface area contributed by atoms with Crippen molar-refractivity contribution >= 4 is 0 Å². The Bertz CT molecular complexity index is 216. The van der Waals surface area contributed by atoms with Gasteiger partial charge in [0.15, 0.2) is 0 Å². The molecule has 88 valence electrons. The summed E-state index contributed by atoms with van der Waals surface area (Å²) < 4.78 is 0. The Balaban J connectivity index is 2.03. The third kappa shape index (κ3) is 2.24. The summed E-state index contributed by atoms with van der Waals surface area (Å²) in [5.74, 6) is 4.07. The molecule has 15 heavy (non-hydrogen) atoms. The van der Waals surface area contributed by atoms with Crippen molar-refractivity contribution in [2.45, 2.75) is 66.2 Å². The molecule has 0 aromatic carbocycles. The Hall–Kier alpha value is 0. The van der Waals surface area contributed by atoms with Crippen LogP contribution in [0, 0.1) is 29.1 Å². The van der Waals surface area contributed by atoms with E-state index in [0.717, 1.165) is 23.7 Å². The third-order valence-electron chi connectivity index (χ3n) is 5.34. The Morgan fingerprint density at radius 1 is 0.933 bits per heavy atom. The summed E-state index contributed by atoms with van der Waals surface area (Å²) in [4.78, 5) is 0. The summed E-state index contributed by atoms with van der Waals surface area (Å²) in [6.07, 6.45) is 8.92. The van der Waals surface area contributed by atoms with E-state index in [1.165, 1.54) is 38.5 Å². The fraction of sp³-hybridized carbons (Fsp3) is 1.00. The van der Waals surface area contributed by atoms with Gasteiger partial charge in [0, 0.05) is 0 Å². The van der Waals surface area contributed by atoms with Gasteiger partial charge in [0.25, 0.3) is 0 Å². The first-order valence-electron chi connectivity index (χ1n) is 7.00. The second-order valence-electron chi connectivity index (χ2n) is 7.05. The minimum atomic E-state index is 0.656. The van der Waals surface area contributed by atoms with Gasteiger partial charge in [-0.2, -0.15) is 0 Å². The molecule has 0 saturated heterocycles. The summed E-state index contributed by atoms with van der Waals surface area (Å²) in [6.45, 7) is 9.94. The lowest BCUT2D eigenvalue weighted by Crippen LogP contribution is -2.46. The van der Waals surface area contributed by atoms with Crippen molar-refractivity contribution in [2.75, 3.05) is 0 Å². The van der Waals surface area contributed by atoms with E-state index in [1.54, 1.807) is 0 Å². The number of rotatable bonds is 0. The second kappa shape index (κ2) is 4.11. The van der Waals surface area contributed by atoms with Crippen LogP contribution in [0.2, 0.25) is 0 Å². The van der Waals surface area contributed by atoms with Crippen LogP contribution in [0.5, 0.6) is 0 Å². The second-order valence-corrected chi connectivity index (χ2v) is 7.05. The highest BCUT2D eigenvalue weighted by Gasteiger charge is 2.48. The van der Waals surface area contributed by atoms with Crippen molar-refractivity contribution in [3.63, 3.8) is 0 Å². The van der Waals surface area contributed by atoms with Crippen molar-refractivity contribution in [2.24, 2.45) is 29.1 Å². The van der Waals surface area contributed by atoms with E-state index < -0.39 is 0 Å². The van der Waals surface area contributed by atoms with E-state index in [2.05, 4.69) is 27.7 Å². The summed E-state index contributed by atoms with van der Waals surface area (Å²) >= 11 is 0. The molecular weight excluding hydrogens is 180 g/mol. The van der Waals surface area contributed by atoms with E-state index >= 15 is 0 Å². The first-order valence-corrected chi connectivity index (χ1v) is 7.00. The third-order valence-corrected chi connectivity index (χ3v) is 5.34. The molecule has 4 atom stereocenters. The fourth-order valence-corrected chi connectivity index (χ4v) is 4.13. The van der Waals surface area contributed by atoms with Crippen LogP contribution in [-0.2, 0) is 0 Å². The molecule has 0 heterocycles. The summed E-state index contributed by atoms with van der Waals surface area (Å²) in [6, 6.07) is 0. The van der Waals surface area contributed by atoms with Crippen molar-refractivity contribution < 1.29 is 0 Å². The standard InChI is InChI=1S/C15H28/c1-11-6-5-7-12(2)13-10-15(3,4)14(13)9-8-11/h11-14H,5-10H2,1-4H3/t11-,12+,13+,14+/m0/s1. The largest absolute Gasteiger partial charge is 0.0625 e. The zero-order valence-corrected chi connectivity index (χ0v) is 11.1. The van der Waals surface area contributed by atoms with Crippen molar-refractivity contribution in [1.29, 1.82) is 0 Å². The Labute approximate surface area is 95.8 Å². The van der Waals surface area contributed by atoms with Crippen LogP contribution in [0.1, 0.15) is 66.2 Å². The lowest BCUT2D eigenvalue weighted by atomic mass is 9.51. The van der Waals surface area contributed by atoms with Crippen LogP contribution < -0.4 is 0 Å². The first-order chi connectivity index (χ1) is 7.00. The highest BCUT2D eigenvalue weighted by atomic mass is 14.5. The van der Waals surface area contributed by atoms with Gasteiger partial charge in [-0.25, -0.2) is 0 Å². The molecule has 0 unspecified atom stereocenters. The molecule has 0 heteroatoms. The molecule has 2 saturated carbocycles. The molecule has 2 aliphatic rings. The van der Waals surface area contributed by atoms with Crippen LogP contribution in [0.25, 0.3) is 0 Å². The number of hydrogen-bond donors (Lipinski definition) is 0. The maximum absolute atomic E-state index is 2.50. The SMILES string of the molecule is C[C@H]1CCC[C@@H](C)[C@H]2CC(C)(C)[C@@H]2CC1. The molecular formula is C15H28.